The van der Waals surface area contributed by atoms with Gasteiger partial charge < -0.3 is 20.3 Å². The van der Waals surface area contributed by atoms with Gasteiger partial charge in [0.15, 0.2) is 0 Å². The van der Waals surface area contributed by atoms with E-state index in [2.05, 4.69) is 15.6 Å². The lowest BCUT2D eigenvalue weighted by Gasteiger charge is -2.31. The first-order valence-corrected chi connectivity index (χ1v) is 9.62. The molecule has 0 spiro atoms. The molecule has 0 unspecified atom stereocenters. The first-order valence-electron chi connectivity index (χ1n) is 9.62. The van der Waals surface area contributed by atoms with E-state index in [-0.39, 0.29) is 18.0 Å². The van der Waals surface area contributed by atoms with Gasteiger partial charge in [0.2, 0.25) is 0 Å². The monoisotopic (exact) mass is 382 g/mol. The second kappa shape index (κ2) is 9.73. The van der Waals surface area contributed by atoms with Crippen LogP contribution in [0.4, 0.5) is 10.6 Å². The van der Waals surface area contributed by atoms with Gasteiger partial charge in [0.25, 0.3) is 5.91 Å². The summed E-state index contributed by atoms with van der Waals surface area (Å²) in [6, 6.07) is 13.6. The molecule has 28 heavy (non-hydrogen) atoms. The number of nitrogens with zero attached hydrogens (tertiary/aromatic N) is 2. The van der Waals surface area contributed by atoms with Crippen LogP contribution in [-0.4, -0.2) is 47.6 Å². The molecule has 0 bridgehead atoms. The van der Waals surface area contributed by atoms with Gasteiger partial charge in [-0.05, 0) is 37.5 Å². The van der Waals surface area contributed by atoms with E-state index >= 15 is 0 Å². The Kier molecular flexibility index (Phi) is 6.84. The van der Waals surface area contributed by atoms with Gasteiger partial charge in [-0.3, -0.25) is 4.79 Å². The maximum Gasteiger partial charge on any atom is 0.409 e. The molecule has 0 saturated carbocycles. The van der Waals surface area contributed by atoms with Crippen LogP contribution in [0.15, 0.2) is 48.7 Å². The lowest BCUT2D eigenvalue weighted by Crippen LogP contribution is -2.42. The third-order valence-electron chi connectivity index (χ3n) is 4.69. The number of benzene rings is 1. The number of carbonyl (C=O) groups excluding carboxylic acids is 2. The lowest BCUT2D eigenvalue weighted by molar-refractivity contribution is 0.0949. The normalized spacial score (nSPS) is 14.4. The molecule has 1 fully saturated rings. The zero-order valence-electron chi connectivity index (χ0n) is 16.1. The van der Waals surface area contributed by atoms with Gasteiger partial charge in [0, 0.05) is 31.9 Å². The minimum Gasteiger partial charge on any atom is -0.450 e. The highest BCUT2D eigenvalue weighted by molar-refractivity contribution is 5.94. The van der Waals surface area contributed by atoms with Gasteiger partial charge in [-0.15, -0.1) is 0 Å². The fraction of sp³-hybridized carbons (Fsp3) is 0.381. The Balaban J connectivity index is 1.45. The van der Waals surface area contributed by atoms with Crippen LogP contribution < -0.4 is 10.6 Å². The molecule has 7 nitrogen and oxygen atoms in total. The van der Waals surface area contributed by atoms with Crippen LogP contribution in [0, 0.1) is 0 Å². The Morgan fingerprint density at radius 1 is 1.14 bits per heavy atom. The van der Waals surface area contributed by atoms with Crippen molar-refractivity contribution in [1.82, 2.24) is 15.2 Å². The van der Waals surface area contributed by atoms with Crippen molar-refractivity contribution in [3.63, 3.8) is 0 Å². The van der Waals surface area contributed by atoms with E-state index in [4.69, 9.17) is 4.74 Å². The molecular weight excluding hydrogens is 356 g/mol. The van der Waals surface area contributed by atoms with E-state index in [9.17, 15) is 9.59 Å². The van der Waals surface area contributed by atoms with E-state index < -0.39 is 0 Å². The van der Waals surface area contributed by atoms with Crippen LogP contribution in [0.5, 0.6) is 0 Å². The van der Waals surface area contributed by atoms with Crippen molar-refractivity contribution >= 4 is 17.8 Å². The number of ether oxygens (including phenoxy) is 1. The standard InChI is InChI=1S/C21H26N4O3/c1-2-28-21(27)25-12-10-18(11-13-25)24-19-9-8-17(15-22-19)20(26)23-14-16-6-4-3-5-7-16/h3-9,15,18H,2,10-14H2,1H3,(H,22,24)(H,23,26). The van der Waals surface area contributed by atoms with Crippen LogP contribution in [0.1, 0.15) is 35.7 Å². The molecule has 2 heterocycles. The molecule has 148 valence electrons. The molecule has 2 aromatic rings. The Bertz CT molecular complexity index is 772. The number of piperidine rings is 1. The highest BCUT2D eigenvalue weighted by Gasteiger charge is 2.23. The third-order valence-corrected chi connectivity index (χ3v) is 4.69. The number of pyridine rings is 1. The van der Waals surface area contributed by atoms with Crippen LogP contribution in [0.3, 0.4) is 0 Å². The SMILES string of the molecule is CCOC(=O)N1CCC(Nc2ccc(C(=O)NCc3ccccc3)cn2)CC1. The molecule has 3 rings (SSSR count). The summed E-state index contributed by atoms with van der Waals surface area (Å²) in [6.45, 7) is 4.02. The molecule has 1 aliphatic rings. The van der Waals surface area contributed by atoms with Gasteiger partial charge >= 0.3 is 6.09 Å². The summed E-state index contributed by atoms with van der Waals surface area (Å²) in [6.07, 6.45) is 3.00. The van der Waals surface area contributed by atoms with Crippen molar-refractivity contribution in [2.75, 3.05) is 25.0 Å². The van der Waals surface area contributed by atoms with Gasteiger partial charge in [0.1, 0.15) is 5.82 Å². The van der Waals surface area contributed by atoms with Gasteiger partial charge in [0.05, 0.1) is 12.2 Å². The van der Waals surface area contributed by atoms with E-state index in [0.29, 0.717) is 31.8 Å². The molecule has 0 radical (unpaired) electrons. The van der Waals surface area contributed by atoms with E-state index in [1.165, 1.54) is 0 Å². The predicted octanol–water partition coefficient (Wildman–Crippen LogP) is 3.04. The van der Waals surface area contributed by atoms with Crippen LogP contribution >= 0.6 is 0 Å². The van der Waals surface area contributed by atoms with Crippen molar-refractivity contribution in [2.24, 2.45) is 0 Å². The summed E-state index contributed by atoms with van der Waals surface area (Å²) in [5, 5.41) is 6.27. The minimum absolute atomic E-state index is 0.148. The molecule has 0 aliphatic carbocycles. The second-order valence-corrected chi connectivity index (χ2v) is 6.70. The molecule has 1 saturated heterocycles. The highest BCUT2D eigenvalue weighted by atomic mass is 16.6. The first-order chi connectivity index (χ1) is 13.7. The van der Waals surface area contributed by atoms with Crippen molar-refractivity contribution < 1.29 is 14.3 Å². The van der Waals surface area contributed by atoms with Crippen LogP contribution in [0.2, 0.25) is 0 Å². The Labute approximate surface area is 165 Å². The molecule has 2 N–H and O–H groups in total. The number of hydrogen-bond donors (Lipinski definition) is 2. The number of rotatable bonds is 6. The molecule has 7 heteroatoms. The first kappa shape index (κ1) is 19.7. The number of aromatic nitrogens is 1. The average Bonchev–Trinajstić information content (AvgIpc) is 2.74. The summed E-state index contributed by atoms with van der Waals surface area (Å²) in [5.74, 6) is 0.583. The summed E-state index contributed by atoms with van der Waals surface area (Å²) < 4.78 is 5.03. The van der Waals surface area contributed by atoms with Crippen molar-refractivity contribution in [3.8, 4) is 0 Å². The number of carbonyl (C=O) groups is 2. The van der Waals surface area contributed by atoms with Crippen LogP contribution in [-0.2, 0) is 11.3 Å². The number of anilines is 1. The zero-order valence-corrected chi connectivity index (χ0v) is 16.1. The smallest absolute Gasteiger partial charge is 0.409 e. The summed E-state index contributed by atoms with van der Waals surface area (Å²) >= 11 is 0. The van der Waals surface area contributed by atoms with Crippen molar-refractivity contribution in [1.29, 1.82) is 0 Å². The van der Waals surface area contributed by atoms with Crippen molar-refractivity contribution in [3.05, 3.63) is 59.8 Å². The lowest BCUT2D eigenvalue weighted by atomic mass is 10.1. The summed E-state index contributed by atoms with van der Waals surface area (Å²) in [5.41, 5.74) is 1.58. The average molecular weight is 382 g/mol. The van der Waals surface area contributed by atoms with Gasteiger partial charge in [-0.2, -0.15) is 0 Å². The number of hydrogen-bond acceptors (Lipinski definition) is 5. The number of amides is 2. The number of likely N-dealkylation sites (tertiary alicyclic amines) is 1. The summed E-state index contributed by atoms with van der Waals surface area (Å²) in [7, 11) is 0. The molecule has 1 aromatic carbocycles. The maximum atomic E-state index is 12.3. The zero-order chi connectivity index (χ0) is 19.8. The quantitative estimate of drug-likeness (QED) is 0.802. The predicted molar refractivity (Wildman–Crippen MR) is 107 cm³/mol. The highest BCUT2D eigenvalue weighted by Crippen LogP contribution is 2.16. The Morgan fingerprint density at radius 2 is 1.89 bits per heavy atom. The minimum atomic E-state index is -0.245. The molecule has 0 atom stereocenters. The Hall–Kier alpha value is -3.09. The van der Waals surface area contributed by atoms with Crippen molar-refractivity contribution in [2.45, 2.75) is 32.4 Å². The molecule has 2 amide bonds. The summed E-state index contributed by atoms with van der Waals surface area (Å²) in [4.78, 5) is 30.1. The third kappa shape index (κ3) is 5.45. The van der Waals surface area contributed by atoms with E-state index in [1.54, 1.807) is 17.2 Å². The fourth-order valence-corrected chi connectivity index (χ4v) is 3.12. The molecular formula is C21H26N4O3. The largest absolute Gasteiger partial charge is 0.450 e. The van der Waals surface area contributed by atoms with Crippen LogP contribution in [0.25, 0.3) is 0 Å². The second-order valence-electron chi connectivity index (χ2n) is 6.70. The molecule has 1 aromatic heterocycles. The maximum absolute atomic E-state index is 12.3. The van der Waals surface area contributed by atoms with Gasteiger partial charge in [-0.1, -0.05) is 30.3 Å². The molecule has 1 aliphatic heterocycles. The van der Waals surface area contributed by atoms with Gasteiger partial charge in [-0.25, -0.2) is 9.78 Å². The fourth-order valence-electron chi connectivity index (χ4n) is 3.12. The Morgan fingerprint density at radius 3 is 2.54 bits per heavy atom. The van der Waals surface area contributed by atoms with E-state index in [1.807, 2.05) is 43.3 Å². The number of nitrogens with one attached hydrogen (secondary N) is 2. The topological polar surface area (TPSA) is 83.6 Å². The van der Waals surface area contributed by atoms with E-state index in [0.717, 1.165) is 24.2 Å².